The minimum absolute atomic E-state index is 0.117. The van der Waals surface area contributed by atoms with Gasteiger partial charge >= 0.3 is 0 Å². The summed E-state index contributed by atoms with van der Waals surface area (Å²) < 4.78 is 23.8. The summed E-state index contributed by atoms with van der Waals surface area (Å²) in [6, 6.07) is 10.0. The predicted octanol–water partition coefficient (Wildman–Crippen LogP) is 3.12. The number of carbonyl (C=O) groups excluding carboxylic acids is 1. The summed E-state index contributed by atoms with van der Waals surface area (Å²) in [5, 5.41) is 2.78. The smallest absolute Gasteiger partial charge is 0.251 e. The average Bonchev–Trinajstić information content (AvgIpc) is 2.55. The Morgan fingerprint density at radius 1 is 1.09 bits per heavy atom. The molecule has 0 spiro atoms. The van der Waals surface area contributed by atoms with Crippen molar-refractivity contribution >= 4 is 5.91 Å². The number of ether oxygens (including phenoxy) is 2. The van der Waals surface area contributed by atoms with Crippen LogP contribution in [0.4, 0.5) is 4.39 Å². The zero-order valence-electron chi connectivity index (χ0n) is 13.5. The lowest BCUT2D eigenvalue weighted by Crippen LogP contribution is -2.25. The normalized spacial score (nSPS) is 10.3. The first kappa shape index (κ1) is 16.8. The van der Waals surface area contributed by atoms with Crippen molar-refractivity contribution in [1.29, 1.82) is 0 Å². The van der Waals surface area contributed by atoms with Crippen LogP contribution in [0, 0.1) is 12.7 Å². The fourth-order valence-corrected chi connectivity index (χ4v) is 2.32. The second kappa shape index (κ2) is 7.63. The number of hydrogen-bond acceptors (Lipinski definition) is 3. The summed E-state index contributed by atoms with van der Waals surface area (Å²) in [6.45, 7) is 2.44. The van der Waals surface area contributed by atoms with E-state index < -0.39 is 5.82 Å². The van der Waals surface area contributed by atoms with E-state index in [0.29, 0.717) is 13.0 Å². The largest absolute Gasteiger partial charge is 0.496 e. The second-order valence-electron chi connectivity index (χ2n) is 5.17. The van der Waals surface area contributed by atoms with E-state index in [2.05, 4.69) is 5.32 Å². The van der Waals surface area contributed by atoms with Crippen molar-refractivity contribution in [3.05, 3.63) is 58.9 Å². The van der Waals surface area contributed by atoms with Gasteiger partial charge in [0.15, 0.2) is 11.6 Å². The molecule has 2 aromatic rings. The highest BCUT2D eigenvalue weighted by atomic mass is 19.1. The van der Waals surface area contributed by atoms with Crippen LogP contribution in [0.3, 0.4) is 0 Å². The summed E-state index contributed by atoms with van der Waals surface area (Å²) in [6.07, 6.45) is 0.634. The van der Waals surface area contributed by atoms with Gasteiger partial charge in [0.2, 0.25) is 0 Å². The molecule has 0 bridgehead atoms. The summed E-state index contributed by atoms with van der Waals surface area (Å²) in [7, 11) is 3.00. The third kappa shape index (κ3) is 4.22. The monoisotopic (exact) mass is 317 g/mol. The average molecular weight is 317 g/mol. The molecule has 5 heteroatoms. The number of rotatable bonds is 6. The van der Waals surface area contributed by atoms with Gasteiger partial charge in [-0.05, 0) is 43.2 Å². The third-order valence-corrected chi connectivity index (χ3v) is 3.53. The molecule has 0 saturated carbocycles. The van der Waals surface area contributed by atoms with Crippen molar-refractivity contribution in [2.45, 2.75) is 13.3 Å². The van der Waals surface area contributed by atoms with Gasteiger partial charge in [0.25, 0.3) is 5.91 Å². The van der Waals surface area contributed by atoms with Crippen molar-refractivity contribution in [3.63, 3.8) is 0 Å². The molecule has 122 valence electrons. The number of amides is 1. The maximum Gasteiger partial charge on any atom is 0.251 e. The van der Waals surface area contributed by atoms with E-state index in [9.17, 15) is 9.18 Å². The Balaban J connectivity index is 1.97. The molecular weight excluding hydrogens is 297 g/mol. The lowest BCUT2D eigenvalue weighted by molar-refractivity contribution is 0.0953. The standard InChI is InChI=1S/C18H20FNO3/c1-12-4-6-16(22-2)13(10-12)8-9-20-18(21)14-5-7-17(23-3)15(19)11-14/h4-7,10-11H,8-9H2,1-3H3,(H,20,21). The van der Waals surface area contributed by atoms with E-state index >= 15 is 0 Å². The quantitative estimate of drug-likeness (QED) is 0.890. The van der Waals surface area contributed by atoms with Crippen LogP contribution < -0.4 is 14.8 Å². The number of nitrogens with one attached hydrogen (secondary N) is 1. The molecule has 0 radical (unpaired) electrons. The maximum absolute atomic E-state index is 13.6. The van der Waals surface area contributed by atoms with E-state index in [0.717, 1.165) is 16.9 Å². The van der Waals surface area contributed by atoms with Gasteiger partial charge in [-0.3, -0.25) is 4.79 Å². The number of methoxy groups -OCH3 is 2. The molecule has 0 atom stereocenters. The molecule has 0 aliphatic heterocycles. The van der Waals surface area contributed by atoms with Gasteiger partial charge in [0.1, 0.15) is 5.75 Å². The fraction of sp³-hybridized carbons (Fsp3) is 0.278. The van der Waals surface area contributed by atoms with Crippen molar-refractivity contribution in [2.75, 3.05) is 20.8 Å². The van der Waals surface area contributed by atoms with Gasteiger partial charge in [-0.15, -0.1) is 0 Å². The molecule has 0 aromatic heterocycles. The van der Waals surface area contributed by atoms with E-state index in [1.54, 1.807) is 7.11 Å². The van der Waals surface area contributed by atoms with Gasteiger partial charge in [0, 0.05) is 12.1 Å². The Hall–Kier alpha value is -2.56. The Labute approximate surface area is 135 Å². The zero-order chi connectivity index (χ0) is 16.8. The van der Waals surface area contributed by atoms with Crippen molar-refractivity contribution in [2.24, 2.45) is 0 Å². The molecule has 0 fully saturated rings. The van der Waals surface area contributed by atoms with Crippen LogP contribution in [-0.2, 0) is 6.42 Å². The first-order valence-corrected chi connectivity index (χ1v) is 7.30. The minimum atomic E-state index is -0.555. The molecule has 0 unspecified atom stereocenters. The van der Waals surface area contributed by atoms with Crippen LogP contribution in [0.15, 0.2) is 36.4 Å². The molecule has 0 aliphatic carbocycles. The molecule has 0 saturated heterocycles. The number of benzene rings is 2. The molecule has 1 N–H and O–H groups in total. The maximum atomic E-state index is 13.6. The van der Waals surface area contributed by atoms with Crippen LogP contribution in [0.5, 0.6) is 11.5 Å². The molecule has 0 heterocycles. The van der Waals surface area contributed by atoms with Crippen LogP contribution in [0.1, 0.15) is 21.5 Å². The molecule has 4 nitrogen and oxygen atoms in total. The highest BCUT2D eigenvalue weighted by Gasteiger charge is 2.10. The topological polar surface area (TPSA) is 47.6 Å². The molecule has 0 aliphatic rings. The first-order chi connectivity index (χ1) is 11.0. The zero-order valence-corrected chi connectivity index (χ0v) is 13.5. The van der Waals surface area contributed by atoms with Crippen LogP contribution >= 0.6 is 0 Å². The first-order valence-electron chi connectivity index (χ1n) is 7.30. The van der Waals surface area contributed by atoms with Gasteiger partial charge < -0.3 is 14.8 Å². The molecule has 2 rings (SSSR count). The van der Waals surface area contributed by atoms with Gasteiger partial charge in [0.05, 0.1) is 14.2 Å². The number of halogens is 1. The Morgan fingerprint density at radius 3 is 2.43 bits per heavy atom. The van der Waals surface area contributed by atoms with E-state index in [1.807, 2.05) is 25.1 Å². The highest BCUT2D eigenvalue weighted by molar-refractivity contribution is 5.94. The van der Waals surface area contributed by atoms with Gasteiger partial charge in [-0.2, -0.15) is 0 Å². The van der Waals surface area contributed by atoms with E-state index in [-0.39, 0.29) is 17.2 Å². The number of carbonyl (C=O) groups is 1. The summed E-state index contributed by atoms with van der Waals surface area (Å²) in [5.74, 6) is 0.0325. The summed E-state index contributed by atoms with van der Waals surface area (Å²) >= 11 is 0. The van der Waals surface area contributed by atoms with Gasteiger partial charge in [-0.25, -0.2) is 4.39 Å². The molecule has 23 heavy (non-hydrogen) atoms. The summed E-state index contributed by atoms with van der Waals surface area (Å²) in [4.78, 5) is 12.1. The Morgan fingerprint density at radius 2 is 1.78 bits per heavy atom. The lowest BCUT2D eigenvalue weighted by Gasteiger charge is -2.11. The SMILES string of the molecule is COc1ccc(C(=O)NCCc2cc(C)ccc2OC)cc1F. The Kier molecular flexibility index (Phi) is 5.57. The fourth-order valence-electron chi connectivity index (χ4n) is 2.32. The van der Waals surface area contributed by atoms with Crippen molar-refractivity contribution in [3.8, 4) is 11.5 Å². The van der Waals surface area contributed by atoms with Crippen molar-refractivity contribution < 1.29 is 18.7 Å². The van der Waals surface area contributed by atoms with Gasteiger partial charge in [-0.1, -0.05) is 17.7 Å². The lowest BCUT2D eigenvalue weighted by atomic mass is 10.1. The number of hydrogen-bond donors (Lipinski definition) is 1. The number of aryl methyl sites for hydroxylation is 1. The predicted molar refractivity (Wildman–Crippen MR) is 86.7 cm³/mol. The second-order valence-corrected chi connectivity index (χ2v) is 5.17. The summed E-state index contributed by atoms with van der Waals surface area (Å²) in [5.41, 5.74) is 2.41. The molecular formula is C18H20FNO3. The van der Waals surface area contributed by atoms with Crippen molar-refractivity contribution in [1.82, 2.24) is 5.32 Å². The molecule has 1 amide bonds. The minimum Gasteiger partial charge on any atom is -0.496 e. The Bertz CT molecular complexity index is 701. The van der Waals surface area contributed by atoms with Crippen LogP contribution in [0.25, 0.3) is 0 Å². The van der Waals surface area contributed by atoms with Crippen LogP contribution in [-0.4, -0.2) is 26.7 Å². The molecule has 2 aromatic carbocycles. The third-order valence-electron chi connectivity index (χ3n) is 3.53. The van der Waals surface area contributed by atoms with E-state index in [4.69, 9.17) is 9.47 Å². The van der Waals surface area contributed by atoms with Crippen LogP contribution in [0.2, 0.25) is 0 Å². The van der Waals surface area contributed by atoms with E-state index in [1.165, 1.54) is 25.3 Å². The highest BCUT2D eigenvalue weighted by Crippen LogP contribution is 2.20.